The molecule has 4 aromatic rings. The number of aromatic nitrogens is 4. The highest BCUT2D eigenvalue weighted by molar-refractivity contribution is 7.99. The molecule has 3 heterocycles. The maximum atomic E-state index is 12.9. The number of thiophene rings is 1. The predicted octanol–water partition coefficient (Wildman–Crippen LogP) is 4.27. The van der Waals surface area contributed by atoms with Gasteiger partial charge in [-0.2, -0.15) is 0 Å². The van der Waals surface area contributed by atoms with E-state index in [1.54, 1.807) is 22.2 Å². The van der Waals surface area contributed by atoms with Crippen LogP contribution in [0.3, 0.4) is 0 Å². The minimum atomic E-state index is 0.00162. The third-order valence-electron chi connectivity index (χ3n) is 3.88. The molecule has 5 nitrogen and oxygen atoms in total. The third kappa shape index (κ3) is 2.94. The summed E-state index contributed by atoms with van der Waals surface area (Å²) in [5.41, 5.74) is 0.718. The molecule has 0 aliphatic carbocycles. The highest BCUT2D eigenvalue weighted by Gasteiger charge is 2.15. The molecule has 0 amide bonds. The van der Waals surface area contributed by atoms with Gasteiger partial charge in [0.1, 0.15) is 16.2 Å². The summed E-state index contributed by atoms with van der Waals surface area (Å²) in [4.78, 5) is 28.5. The first-order chi connectivity index (χ1) is 12.2. The number of nitrogens with zero attached hydrogens (tertiary/aromatic N) is 4. The van der Waals surface area contributed by atoms with Crippen LogP contribution in [-0.2, 0) is 6.54 Å². The number of fused-ring (bicyclic) bond motifs is 2. The van der Waals surface area contributed by atoms with Crippen molar-refractivity contribution in [2.24, 2.45) is 0 Å². The van der Waals surface area contributed by atoms with Crippen LogP contribution in [0.2, 0.25) is 0 Å². The lowest BCUT2D eigenvalue weighted by atomic mass is 10.2. The van der Waals surface area contributed by atoms with E-state index in [1.165, 1.54) is 16.6 Å². The van der Waals surface area contributed by atoms with Crippen molar-refractivity contribution < 1.29 is 0 Å². The third-order valence-corrected chi connectivity index (χ3v) is 5.85. The fourth-order valence-corrected chi connectivity index (χ4v) is 4.65. The number of benzene rings is 1. The van der Waals surface area contributed by atoms with Gasteiger partial charge in [-0.05, 0) is 43.3 Å². The van der Waals surface area contributed by atoms with Gasteiger partial charge in [0.25, 0.3) is 5.56 Å². The Morgan fingerprint density at radius 3 is 2.88 bits per heavy atom. The van der Waals surface area contributed by atoms with E-state index < -0.39 is 0 Å². The fourth-order valence-electron chi connectivity index (χ4n) is 2.77. The summed E-state index contributed by atoms with van der Waals surface area (Å²) in [6.45, 7) is 4.75. The summed E-state index contributed by atoms with van der Waals surface area (Å²) in [6.07, 6.45) is 2.44. The molecule has 0 radical (unpaired) electrons. The molecule has 126 valence electrons. The quantitative estimate of drug-likeness (QED) is 0.398. The topological polar surface area (TPSA) is 60.7 Å². The second kappa shape index (κ2) is 6.57. The molecule has 0 aliphatic heterocycles. The van der Waals surface area contributed by atoms with Crippen LogP contribution in [-0.4, -0.2) is 19.5 Å². The summed E-state index contributed by atoms with van der Waals surface area (Å²) in [6, 6.07) is 9.57. The van der Waals surface area contributed by atoms with Crippen molar-refractivity contribution in [3.8, 4) is 0 Å². The lowest BCUT2D eigenvalue weighted by molar-refractivity contribution is 0.584. The van der Waals surface area contributed by atoms with E-state index in [0.29, 0.717) is 22.6 Å². The van der Waals surface area contributed by atoms with Crippen molar-refractivity contribution in [1.82, 2.24) is 19.5 Å². The zero-order chi connectivity index (χ0) is 17.4. The van der Waals surface area contributed by atoms with Crippen LogP contribution in [0, 0.1) is 6.92 Å². The number of aryl methyl sites for hydroxylation is 1. The largest absolute Gasteiger partial charge is 0.287 e. The van der Waals surface area contributed by atoms with E-state index in [-0.39, 0.29) is 5.56 Å². The Morgan fingerprint density at radius 1 is 1.20 bits per heavy atom. The Hall–Kier alpha value is -2.25. The molecule has 0 N–H and O–H groups in total. The van der Waals surface area contributed by atoms with E-state index >= 15 is 0 Å². The van der Waals surface area contributed by atoms with Gasteiger partial charge in [0.2, 0.25) is 0 Å². The fraction of sp³-hybridized carbons (Fsp3) is 0.222. The average Bonchev–Trinajstić information content (AvgIpc) is 3.00. The van der Waals surface area contributed by atoms with Crippen LogP contribution in [0.5, 0.6) is 0 Å². The van der Waals surface area contributed by atoms with E-state index in [4.69, 9.17) is 4.98 Å². The molecular formula is C18H16N4OS2. The van der Waals surface area contributed by atoms with Crippen molar-refractivity contribution in [1.29, 1.82) is 0 Å². The van der Waals surface area contributed by atoms with Gasteiger partial charge in [-0.1, -0.05) is 19.1 Å². The lowest BCUT2D eigenvalue weighted by Crippen LogP contribution is -2.23. The minimum Gasteiger partial charge on any atom is -0.287 e. The molecule has 25 heavy (non-hydrogen) atoms. The van der Waals surface area contributed by atoms with Gasteiger partial charge >= 0.3 is 0 Å². The Balaban J connectivity index is 1.90. The summed E-state index contributed by atoms with van der Waals surface area (Å²) in [5.74, 6) is 0. The van der Waals surface area contributed by atoms with Crippen molar-refractivity contribution in [3.05, 3.63) is 51.9 Å². The molecule has 0 unspecified atom stereocenters. The van der Waals surface area contributed by atoms with Crippen LogP contribution >= 0.6 is 23.1 Å². The Labute approximate surface area is 152 Å². The standard InChI is InChI=1S/C18H16N4OS2/c1-3-8-22-17(23)12-6-4-5-7-14(12)21-18(22)25-16-13-9-11(2)24-15(13)19-10-20-16/h4-7,9-10H,3,8H2,1-2H3. The van der Waals surface area contributed by atoms with Crippen LogP contribution < -0.4 is 5.56 Å². The van der Waals surface area contributed by atoms with E-state index in [9.17, 15) is 4.79 Å². The van der Waals surface area contributed by atoms with Gasteiger partial charge in [-0.25, -0.2) is 15.0 Å². The minimum absolute atomic E-state index is 0.00162. The summed E-state index contributed by atoms with van der Waals surface area (Å²) < 4.78 is 1.75. The van der Waals surface area contributed by atoms with Gasteiger partial charge in [0, 0.05) is 16.8 Å². The molecule has 0 saturated carbocycles. The van der Waals surface area contributed by atoms with Crippen LogP contribution in [0.15, 0.2) is 51.6 Å². The Kier molecular flexibility index (Phi) is 4.27. The SMILES string of the molecule is CCCn1c(Sc2ncnc3sc(C)cc23)nc2ccccc2c1=O. The number of rotatable bonds is 4. The average molecular weight is 368 g/mol. The van der Waals surface area contributed by atoms with Crippen molar-refractivity contribution in [2.75, 3.05) is 0 Å². The molecule has 0 aliphatic rings. The zero-order valence-electron chi connectivity index (χ0n) is 13.9. The van der Waals surface area contributed by atoms with Crippen molar-refractivity contribution in [3.63, 3.8) is 0 Å². The molecule has 3 aromatic heterocycles. The summed E-state index contributed by atoms with van der Waals surface area (Å²) in [5, 5.41) is 3.18. The second-order valence-electron chi connectivity index (χ2n) is 5.73. The van der Waals surface area contributed by atoms with Gasteiger partial charge in [-0.15, -0.1) is 11.3 Å². The van der Waals surface area contributed by atoms with Crippen LogP contribution in [0.1, 0.15) is 18.2 Å². The zero-order valence-corrected chi connectivity index (χ0v) is 15.5. The molecule has 7 heteroatoms. The van der Waals surface area contributed by atoms with Crippen molar-refractivity contribution >= 4 is 44.2 Å². The molecule has 0 atom stereocenters. The first-order valence-corrected chi connectivity index (χ1v) is 9.69. The summed E-state index contributed by atoms with van der Waals surface area (Å²) >= 11 is 3.08. The molecule has 0 fully saturated rings. The van der Waals surface area contributed by atoms with Gasteiger partial charge in [0.15, 0.2) is 5.16 Å². The molecule has 4 rings (SSSR count). The highest BCUT2D eigenvalue weighted by atomic mass is 32.2. The number of para-hydroxylation sites is 1. The Morgan fingerprint density at radius 2 is 2.04 bits per heavy atom. The van der Waals surface area contributed by atoms with Crippen LogP contribution in [0.25, 0.3) is 21.1 Å². The first kappa shape index (κ1) is 16.2. The smallest absolute Gasteiger partial charge is 0.262 e. The van der Waals surface area contributed by atoms with Crippen LogP contribution in [0.4, 0.5) is 0 Å². The second-order valence-corrected chi connectivity index (χ2v) is 7.92. The Bertz CT molecular complexity index is 1130. The van der Waals surface area contributed by atoms with E-state index in [2.05, 4.69) is 29.9 Å². The maximum Gasteiger partial charge on any atom is 0.262 e. The molecule has 0 spiro atoms. The van der Waals surface area contributed by atoms with E-state index in [1.807, 2.05) is 24.3 Å². The lowest BCUT2D eigenvalue weighted by Gasteiger charge is -2.12. The highest BCUT2D eigenvalue weighted by Crippen LogP contribution is 2.33. The number of hydrogen-bond donors (Lipinski definition) is 0. The molecule has 0 saturated heterocycles. The molecule has 0 bridgehead atoms. The molecule has 1 aromatic carbocycles. The van der Waals surface area contributed by atoms with Gasteiger partial charge < -0.3 is 0 Å². The molecular weight excluding hydrogens is 352 g/mol. The summed E-state index contributed by atoms with van der Waals surface area (Å²) in [7, 11) is 0. The van der Waals surface area contributed by atoms with E-state index in [0.717, 1.165) is 21.7 Å². The first-order valence-electron chi connectivity index (χ1n) is 8.06. The van der Waals surface area contributed by atoms with Crippen molar-refractivity contribution in [2.45, 2.75) is 37.0 Å². The number of hydrogen-bond acceptors (Lipinski definition) is 6. The predicted molar refractivity (Wildman–Crippen MR) is 103 cm³/mol. The normalized spacial score (nSPS) is 11.4. The maximum absolute atomic E-state index is 12.9. The monoisotopic (exact) mass is 368 g/mol. The van der Waals surface area contributed by atoms with Gasteiger partial charge in [0.05, 0.1) is 10.9 Å². The van der Waals surface area contributed by atoms with Gasteiger partial charge in [-0.3, -0.25) is 9.36 Å².